The summed E-state index contributed by atoms with van der Waals surface area (Å²) in [7, 11) is 0. The summed E-state index contributed by atoms with van der Waals surface area (Å²) < 4.78 is 31.7. The van der Waals surface area contributed by atoms with Gasteiger partial charge in [0.25, 0.3) is 0 Å². The summed E-state index contributed by atoms with van der Waals surface area (Å²) >= 11 is 0. The van der Waals surface area contributed by atoms with Gasteiger partial charge in [0.15, 0.2) is 0 Å². The van der Waals surface area contributed by atoms with Crippen molar-refractivity contribution in [1.82, 2.24) is 0 Å². The average Bonchev–Trinajstić information content (AvgIpc) is 1.31. The SMILES string of the molecule is O=C(O)C(F)(F)F.[NaH]. The van der Waals surface area contributed by atoms with Crippen LogP contribution in [0.15, 0.2) is 0 Å². The number of aliphatic carboxylic acids is 1. The van der Waals surface area contributed by atoms with Crippen LogP contribution in [0.5, 0.6) is 0 Å². The van der Waals surface area contributed by atoms with Gasteiger partial charge in [0.1, 0.15) is 0 Å². The number of hydrogen-bond acceptors (Lipinski definition) is 1. The van der Waals surface area contributed by atoms with E-state index in [1.54, 1.807) is 0 Å². The predicted octanol–water partition coefficient (Wildman–Crippen LogP) is -0.0152. The molecule has 0 amide bonds. The van der Waals surface area contributed by atoms with Crippen molar-refractivity contribution in [3.8, 4) is 0 Å². The molecule has 0 atom stereocenters. The molecule has 0 aliphatic rings. The minimum atomic E-state index is -5.08. The van der Waals surface area contributed by atoms with Gasteiger partial charge in [-0.2, -0.15) is 13.2 Å². The van der Waals surface area contributed by atoms with E-state index in [0.29, 0.717) is 0 Å². The molecule has 1 N–H and O–H groups in total. The van der Waals surface area contributed by atoms with Crippen LogP contribution in [-0.2, 0) is 4.79 Å². The first-order valence-corrected chi connectivity index (χ1v) is 1.24. The summed E-state index contributed by atoms with van der Waals surface area (Å²) in [5.41, 5.74) is 0. The fourth-order valence-electron chi connectivity index (χ4n) is 0. The molecule has 2 nitrogen and oxygen atoms in total. The first-order chi connectivity index (χ1) is 2.94. The molecular formula is C2H2F3NaO2. The molecule has 0 spiro atoms. The fraction of sp³-hybridized carbons (Fsp3) is 0.500. The van der Waals surface area contributed by atoms with Crippen molar-refractivity contribution in [2.75, 3.05) is 0 Å². The van der Waals surface area contributed by atoms with Crippen molar-refractivity contribution >= 4 is 35.5 Å². The molecule has 0 saturated heterocycles. The van der Waals surface area contributed by atoms with Crippen molar-refractivity contribution in [3.63, 3.8) is 0 Å². The maximum absolute atomic E-state index is 10.6. The van der Waals surface area contributed by atoms with Gasteiger partial charge in [-0.15, -0.1) is 0 Å². The second-order valence-electron chi connectivity index (χ2n) is 0.803. The quantitative estimate of drug-likeness (QED) is 0.478. The van der Waals surface area contributed by atoms with Crippen LogP contribution in [0.3, 0.4) is 0 Å². The number of carboxylic acid groups (broad SMARTS) is 1. The van der Waals surface area contributed by atoms with Gasteiger partial charge in [-0.25, -0.2) is 4.79 Å². The van der Waals surface area contributed by atoms with Crippen molar-refractivity contribution in [1.29, 1.82) is 0 Å². The first-order valence-electron chi connectivity index (χ1n) is 1.24. The number of halogens is 3. The number of rotatable bonds is 0. The summed E-state index contributed by atoms with van der Waals surface area (Å²) in [6.45, 7) is 0. The van der Waals surface area contributed by atoms with Gasteiger partial charge in [0, 0.05) is 0 Å². The topological polar surface area (TPSA) is 37.3 Å². The number of carbonyl (C=O) groups is 1. The van der Waals surface area contributed by atoms with Gasteiger partial charge in [-0.1, -0.05) is 0 Å². The van der Waals surface area contributed by atoms with Crippen LogP contribution in [0.25, 0.3) is 0 Å². The Morgan fingerprint density at radius 1 is 1.38 bits per heavy atom. The molecule has 0 aromatic carbocycles. The molecule has 6 heteroatoms. The normalized spacial score (nSPS) is 9.88. The molecule has 8 heavy (non-hydrogen) atoms. The zero-order chi connectivity index (χ0) is 6.08. The summed E-state index contributed by atoms with van der Waals surface area (Å²) in [5, 5.41) is 7.12. The van der Waals surface area contributed by atoms with Gasteiger partial charge in [0.05, 0.1) is 0 Å². The Morgan fingerprint density at radius 2 is 1.50 bits per heavy atom. The second-order valence-corrected chi connectivity index (χ2v) is 0.803. The van der Waals surface area contributed by atoms with E-state index < -0.39 is 12.1 Å². The summed E-state index contributed by atoms with van der Waals surface area (Å²) in [4.78, 5) is 8.90. The Labute approximate surface area is 65.0 Å². The molecule has 0 rings (SSSR count). The van der Waals surface area contributed by atoms with E-state index in [4.69, 9.17) is 9.90 Å². The van der Waals surface area contributed by atoms with Gasteiger partial charge in [-0.3, -0.25) is 0 Å². The third-order valence-electron chi connectivity index (χ3n) is 0.243. The predicted molar refractivity (Wildman–Crippen MR) is 20.8 cm³/mol. The summed E-state index contributed by atoms with van der Waals surface area (Å²) in [6.07, 6.45) is -5.08. The molecule has 0 unspecified atom stereocenters. The standard InChI is InChI=1S/C2HF3O2.Na.H/c3-2(4,5)1(6)7;;/h(H,6,7);;. The molecule has 0 aromatic rings. The minimum absolute atomic E-state index is 0. The molecule has 44 valence electrons. The number of carboxylic acids is 1. The van der Waals surface area contributed by atoms with Crippen LogP contribution >= 0.6 is 0 Å². The zero-order valence-electron chi connectivity index (χ0n) is 2.99. The Morgan fingerprint density at radius 3 is 1.50 bits per heavy atom. The van der Waals surface area contributed by atoms with E-state index in [9.17, 15) is 13.2 Å². The summed E-state index contributed by atoms with van der Waals surface area (Å²) in [6, 6.07) is 0. The Hall–Kier alpha value is 0.260. The molecule has 0 aliphatic heterocycles. The number of alkyl halides is 3. The van der Waals surface area contributed by atoms with Crippen LogP contribution in [0, 0.1) is 0 Å². The van der Waals surface area contributed by atoms with Gasteiger partial charge in [-0.05, 0) is 0 Å². The molecule has 0 heterocycles. The van der Waals surface area contributed by atoms with E-state index in [2.05, 4.69) is 0 Å². The fourth-order valence-corrected chi connectivity index (χ4v) is 0. The van der Waals surface area contributed by atoms with Crippen molar-refractivity contribution in [2.24, 2.45) is 0 Å². The molecule has 0 fully saturated rings. The zero-order valence-corrected chi connectivity index (χ0v) is 2.99. The third-order valence-corrected chi connectivity index (χ3v) is 0.243. The maximum atomic E-state index is 10.6. The Kier molecular flexibility index (Phi) is 4.61. The molecule has 0 aliphatic carbocycles. The van der Waals surface area contributed by atoms with Gasteiger partial charge in [0.2, 0.25) is 0 Å². The van der Waals surface area contributed by atoms with Crippen LogP contribution in [0.4, 0.5) is 13.2 Å². The Balaban J connectivity index is 0. The third kappa shape index (κ3) is 4.42. The van der Waals surface area contributed by atoms with Crippen molar-refractivity contribution in [3.05, 3.63) is 0 Å². The van der Waals surface area contributed by atoms with Crippen LogP contribution in [0.2, 0.25) is 0 Å². The summed E-state index contributed by atoms with van der Waals surface area (Å²) in [5.74, 6) is -2.76. The number of hydrogen-bond donors (Lipinski definition) is 1. The molecular weight excluding hydrogens is 136 g/mol. The van der Waals surface area contributed by atoms with E-state index in [0.717, 1.165) is 0 Å². The van der Waals surface area contributed by atoms with Crippen LogP contribution < -0.4 is 0 Å². The van der Waals surface area contributed by atoms with Crippen LogP contribution in [0.1, 0.15) is 0 Å². The monoisotopic (exact) mass is 138 g/mol. The van der Waals surface area contributed by atoms with E-state index in [-0.39, 0.29) is 29.6 Å². The van der Waals surface area contributed by atoms with Gasteiger partial charge < -0.3 is 5.11 Å². The van der Waals surface area contributed by atoms with E-state index in [1.165, 1.54) is 0 Å². The second kappa shape index (κ2) is 3.32. The van der Waals surface area contributed by atoms with E-state index >= 15 is 0 Å². The Bertz CT molecular complexity index is 87.8. The molecule has 0 aromatic heterocycles. The first kappa shape index (κ1) is 11.1. The van der Waals surface area contributed by atoms with Crippen molar-refractivity contribution in [2.45, 2.75) is 6.18 Å². The average molecular weight is 138 g/mol. The van der Waals surface area contributed by atoms with Crippen LogP contribution in [-0.4, -0.2) is 46.8 Å². The van der Waals surface area contributed by atoms with E-state index in [1.807, 2.05) is 0 Å². The van der Waals surface area contributed by atoms with Crippen molar-refractivity contribution < 1.29 is 23.1 Å². The molecule has 0 bridgehead atoms. The van der Waals surface area contributed by atoms with Gasteiger partial charge >= 0.3 is 41.7 Å². The molecule has 0 radical (unpaired) electrons. The molecule has 0 saturated carbocycles.